The Bertz CT molecular complexity index is 636. The zero-order valence-corrected chi connectivity index (χ0v) is 11.8. The van der Waals surface area contributed by atoms with Gasteiger partial charge in [-0.3, -0.25) is 9.59 Å². The normalized spacial score (nSPS) is 10.2. The summed E-state index contributed by atoms with van der Waals surface area (Å²) >= 11 is 0. The Balaban J connectivity index is 2.42. The molecule has 0 radical (unpaired) electrons. The third kappa shape index (κ3) is 3.44. The topological polar surface area (TPSA) is 81.6 Å². The van der Waals surface area contributed by atoms with Gasteiger partial charge in [0, 0.05) is 5.39 Å². The summed E-state index contributed by atoms with van der Waals surface area (Å²) in [4.78, 5) is 24.6. The van der Waals surface area contributed by atoms with Crippen molar-refractivity contribution in [2.24, 2.45) is 0 Å². The molecule has 2 rings (SSSR count). The van der Waals surface area contributed by atoms with E-state index in [1.807, 2.05) is 18.2 Å². The molecular weight excluding hydrogens is 274 g/mol. The molecule has 0 bridgehead atoms. The van der Waals surface area contributed by atoms with Gasteiger partial charge < -0.3 is 14.4 Å². The molecule has 0 aliphatic rings. The Labute approximate surface area is 121 Å². The number of methoxy groups -OCH3 is 2. The van der Waals surface area contributed by atoms with Crippen LogP contribution in [0.4, 0.5) is 5.69 Å². The summed E-state index contributed by atoms with van der Waals surface area (Å²) in [5.41, 5.74) is 1.30. The fourth-order valence-corrected chi connectivity index (χ4v) is 1.91. The van der Waals surface area contributed by atoms with Crippen molar-refractivity contribution in [2.75, 3.05) is 32.2 Å². The highest BCUT2D eigenvalue weighted by atomic mass is 16.5. The highest BCUT2D eigenvalue weighted by Crippen LogP contribution is 2.23. The molecule has 0 aliphatic carbocycles. The van der Waals surface area contributed by atoms with Crippen LogP contribution in [-0.2, 0) is 19.1 Å². The van der Waals surface area contributed by atoms with Crippen LogP contribution in [0.1, 0.15) is 0 Å². The Morgan fingerprint density at radius 1 is 1.10 bits per heavy atom. The van der Waals surface area contributed by atoms with E-state index < -0.39 is 11.9 Å². The molecule has 7 heteroatoms. The van der Waals surface area contributed by atoms with Gasteiger partial charge in [-0.15, -0.1) is 0 Å². The van der Waals surface area contributed by atoms with E-state index in [0.29, 0.717) is 11.2 Å². The minimum absolute atomic E-state index is 0.0821. The van der Waals surface area contributed by atoms with Crippen molar-refractivity contribution in [2.45, 2.75) is 0 Å². The maximum Gasteiger partial charge on any atom is 0.325 e. The molecule has 0 aliphatic heterocycles. The third-order valence-electron chi connectivity index (χ3n) is 2.96. The van der Waals surface area contributed by atoms with Crippen LogP contribution < -0.4 is 4.90 Å². The Kier molecular flexibility index (Phi) is 4.65. The van der Waals surface area contributed by atoms with Gasteiger partial charge in [0.2, 0.25) is 0 Å². The highest BCUT2D eigenvalue weighted by molar-refractivity contribution is 5.94. The van der Waals surface area contributed by atoms with Crippen LogP contribution in [0.15, 0.2) is 30.5 Å². The van der Waals surface area contributed by atoms with Crippen molar-refractivity contribution in [3.05, 3.63) is 30.5 Å². The van der Waals surface area contributed by atoms with Crippen molar-refractivity contribution in [3.8, 4) is 0 Å². The first-order chi connectivity index (χ1) is 10.2. The molecule has 0 saturated heterocycles. The van der Waals surface area contributed by atoms with E-state index in [4.69, 9.17) is 0 Å². The van der Waals surface area contributed by atoms with Crippen LogP contribution in [0.3, 0.4) is 0 Å². The summed E-state index contributed by atoms with van der Waals surface area (Å²) in [5, 5.41) is 8.71. The number of fused-ring (bicyclic) bond motifs is 1. The number of esters is 2. The number of carbonyl (C=O) groups excluding carboxylic acids is 2. The largest absolute Gasteiger partial charge is 0.468 e. The van der Waals surface area contributed by atoms with Crippen molar-refractivity contribution >= 4 is 28.5 Å². The molecule has 0 unspecified atom stereocenters. The average molecular weight is 289 g/mol. The summed E-state index contributed by atoms with van der Waals surface area (Å²) in [6.45, 7) is -0.164. The molecule has 1 aromatic heterocycles. The molecule has 0 amide bonds. The van der Waals surface area contributed by atoms with Crippen LogP contribution >= 0.6 is 0 Å². The molecule has 2 aromatic rings. The number of benzene rings is 1. The SMILES string of the molecule is COC(=O)CN(CC(=O)OC)c1cnnc2ccccc12. The first-order valence-corrected chi connectivity index (χ1v) is 6.24. The second-order valence-corrected chi connectivity index (χ2v) is 4.26. The molecule has 110 valence electrons. The van der Waals surface area contributed by atoms with Gasteiger partial charge in [0.25, 0.3) is 0 Å². The number of nitrogens with zero attached hydrogens (tertiary/aromatic N) is 3. The Morgan fingerprint density at radius 2 is 1.71 bits per heavy atom. The van der Waals surface area contributed by atoms with Crippen LogP contribution in [0, 0.1) is 0 Å². The molecule has 0 fully saturated rings. The lowest BCUT2D eigenvalue weighted by atomic mass is 10.2. The minimum atomic E-state index is -0.459. The first-order valence-electron chi connectivity index (χ1n) is 6.24. The first kappa shape index (κ1) is 14.7. The molecule has 0 atom stereocenters. The quantitative estimate of drug-likeness (QED) is 0.752. The molecule has 7 nitrogen and oxygen atoms in total. The van der Waals surface area contributed by atoms with Crippen molar-refractivity contribution in [3.63, 3.8) is 0 Å². The van der Waals surface area contributed by atoms with Gasteiger partial charge in [-0.25, -0.2) is 0 Å². The van der Waals surface area contributed by atoms with E-state index in [1.165, 1.54) is 20.4 Å². The number of hydrogen-bond donors (Lipinski definition) is 0. The van der Waals surface area contributed by atoms with Gasteiger partial charge in [0.15, 0.2) is 0 Å². The van der Waals surface area contributed by atoms with Crippen LogP contribution in [0.5, 0.6) is 0 Å². The maximum absolute atomic E-state index is 11.5. The fourth-order valence-electron chi connectivity index (χ4n) is 1.91. The summed E-state index contributed by atoms with van der Waals surface area (Å²) < 4.78 is 9.32. The number of aromatic nitrogens is 2. The van der Waals surface area contributed by atoms with E-state index >= 15 is 0 Å². The number of carbonyl (C=O) groups is 2. The van der Waals surface area contributed by atoms with Crippen LogP contribution in [0.25, 0.3) is 10.9 Å². The predicted molar refractivity (Wildman–Crippen MR) is 75.8 cm³/mol. The lowest BCUT2D eigenvalue weighted by Gasteiger charge is -2.22. The van der Waals surface area contributed by atoms with Gasteiger partial charge >= 0.3 is 11.9 Å². The zero-order chi connectivity index (χ0) is 15.2. The predicted octanol–water partition coefficient (Wildman–Crippen LogP) is 0.782. The molecule has 21 heavy (non-hydrogen) atoms. The van der Waals surface area contributed by atoms with Gasteiger partial charge in [-0.05, 0) is 6.07 Å². The van der Waals surface area contributed by atoms with Crippen LogP contribution in [-0.4, -0.2) is 49.4 Å². The lowest BCUT2D eigenvalue weighted by Crippen LogP contribution is -2.35. The maximum atomic E-state index is 11.5. The molecule has 0 N–H and O–H groups in total. The monoisotopic (exact) mass is 289 g/mol. The Hall–Kier alpha value is -2.70. The fraction of sp³-hybridized carbons (Fsp3) is 0.286. The third-order valence-corrected chi connectivity index (χ3v) is 2.96. The molecule has 1 aromatic carbocycles. The van der Waals surface area contributed by atoms with Crippen molar-refractivity contribution in [1.82, 2.24) is 10.2 Å². The molecule has 0 saturated carbocycles. The van der Waals surface area contributed by atoms with Gasteiger partial charge in [0.1, 0.15) is 13.1 Å². The van der Waals surface area contributed by atoms with E-state index in [2.05, 4.69) is 19.7 Å². The number of rotatable bonds is 5. The van der Waals surface area contributed by atoms with Gasteiger partial charge in [0.05, 0.1) is 31.6 Å². The number of hydrogen-bond acceptors (Lipinski definition) is 7. The second kappa shape index (κ2) is 6.65. The summed E-state index contributed by atoms with van der Waals surface area (Å²) in [7, 11) is 2.59. The van der Waals surface area contributed by atoms with E-state index in [1.54, 1.807) is 11.0 Å². The van der Waals surface area contributed by atoms with Gasteiger partial charge in [-0.1, -0.05) is 18.2 Å². The Morgan fingerprint density at radius 3 is 2.33 bits per heavy atom. The minimum Gasteiger partial charge on any atom is -0.468 e. The van der Waals surface area contributed by atoms with E-state index in [-0.39, 0.29) is 13.1 Å². The van der Waals surface area contributed by atoms with Crippen molar-refractivity contribution < 1.29 is 19.1 Å². The number of anilines is 1. The standard InChI is InChI=1S/C14H15N3O4/c1-20-13(18)8-17(9-14(19)21-2)12-7-15-16-11-6-4-3-5-10(11)12/h3-7H,8-9H2,1-2H3. The van der Waals surface area contributed by atoms with E-state index in [0.717, 1.165) is 5.39 Å². The van der Waals surface area contributed by atoms with Crippen molar-refractivity contribution in [1.29, 1.82) is 0 Å². The molecule has 0 spiro atoms. The summed E-state index contributed by atoms with van der Waals surface area (Å²) in [6, 6.07) is 7.34. The molecular formula is C14H15N3O4. The van der Waals surface area contributed by atoms with Crippen LogP contribution in [0.2, 0.25) is 0 Å². The average Bonchev–Trinajstić information content (AvgIpc) is 2.53. The molecule has 1 heterocycles. The van der Waals surface area contributed by atoms with E-state index in [9.17, 15) is 9.59 Å². The summed E-state index contributed by atoms with van der Waals surface area (Å²) in [5.74, 6) is -0.917. The zero-order valence-electron chi connectivity index (χ0n) is 11.8. The number of ether oxygens (including phenoxy) is 2. The summed E-state index contributed by atoms with van der Waals surface area (Å²) in [6.07, 6.45) is 1.51. The lowest BCUT2D eigenvalue weighted by molar-refractivity contribution is -0.140. The highest BCUT2D eigenvalue weighted by Gasteiger charge is 2.18. The second-order valence-electron chi connectivity index (χ2n) is 4.26. The smallest absolute Gasteiger partial charge is 0.325 e. The van der Waals surface area contributed by atoms with Gasteiger partial charge in [-0.2, -0.15) is 10.2 Å².